The van der Waals surface area contributed by atoms with E-state index in [1.807, 2.05) is 43.0 Å². The van der Waals surface area contributed by atoms with E-state index in [2.05, 4.69) is 49.3 Å². The Morgan fingerprint density at radius 1 is 1.09 bits per heavy atom. The van der Waals surface area contributed by atoms with Crippen molar-refractivity contribution in [2.24, 2.45) is 5.92 Å². The third-order valence-electron chi connectivity index (χ3n) is 6.56. The molecule has 1 saturated carbocycles. The number of benzene rings is 2. The Morgan fingerprint density at radius 3 is 2.53 bits per heavy atom. The zero-order valence-corrected chi connectivity index (χ0v) is 20.3. The Balaban J connectivity index is 1.86. The smallest absolute Gasteiger partial charge is 0.253 e. The highest BCUT2D eigenvalue weighted by molar-refractivity contribution is 5.94. The van der Waals surface area contributed by atoms with E-state index in [9.17, 15) is 4.79 Å². The molecule has 4 heteroatoms. The molecule has 1 amide bonds. The molecule has 4 nitrogen and oxygen atoms in total. The van der Waals surface area contributed by atoms with Crippen LogP contribution in [0.5, 0.6) is 5.75 Å². The molecule has 1 aliphatic rings. The highest BCUT2D eigenvalue weighted by Gasteiger charge is 2.29. The molecule has 0 bridgehead atoms. The second-order valence-electron chi connectivity index (χ2n) is 9.05. The molecule has 2 unspecified atom stereocenters. The summed E-state index contributed by atoms with van der Waals surface area (Å²) in [4.78, 5) is 17.0. The van der Waals surface area contributed by atoms with Gasteiger partial charge in [0, 0.05) is 25.2 Å². The van der Waals surface area contributed by atoms with Crippen molar-refractivity contribution < 1.29 is 9.53 Å². The predicted octanol–water partition coefficient (Wildman–Crippen LogP) is 5.71. The lowest BCUT2D eigenvalue weighted by atomic mass is 9.73. The van der Waals surface area contributed by atoms with Gasteiger partial charge in [-0.15, -0.1) is 0 Å². The highest BCUT2D eigenvalue weighted by Crippen LogP contribution is 2.42. The van der Waals surface area contributed by atoms with Crippen molar-refractivity contribution in [3.63, 3.8) is 0 Å². The van der Waals surface area contributed by atoms with Crippen LogP contribution in [-0.2, 0) is 0 Å². The number of carbonyl (C=O) groups is 1. The zero-order valence-electron chi connectivity index (χ0n) is 20.3. The van der Waals surface area contributed by atoms with Crippen LogP contribution < -0.4 is 4.74 Å². The maximum absolute atomic E-state index is 12.8. The van der Waals surface area contributed by atoms with Crippen LogP contribution in [0.25, 0.3) is 6.08 Å². The molecule has 1 fully saturated rings. The van der Waals surface area contributed by atoms with Gasteiger partial charge in [-0.05, 0) is 94.4 Å². The second kappa shape index (κ2) is 11.3. The van der Waals surface area contributed by atoms with Crippen molar-refractivity contribution in [1.29, 1.82) is 0 Å². The van der Waals surface area contributed by atoms with Crippen molar-refractivity contribution in [3.05, 3.63) is 70.8 Å². The molecule has 32 heavy (non-hydrogen) atoms. The van der Waals surface area contributed by atoms with E-state index < -0.39 is 0 Å². The summed E-state index contributed by atoms with van der Waals surface area (Å²) < 4.78 is 5.50. The van der Waals surface area contributed by atoms with Crippen molar-refractivity contribution in [3.8, 4) is 5.75 Å². The molecule has 0 N–H and O–H groups in total. The standard InChI is InChI=1S/C28H38N2O2/c1-6-30(7-2)28(31)24-12-8-10-21(17-24)16-22-14-15-25(20-29(3)4)27(18-22)23-11-9-13-26(19-23)32-5/h8-13,16-17,19,25,27H,6-7,14-15,18,20H2,1-5H3/b22-16+. The number of carbonyl (C=O) groups excluding carboxylic acids is 1. The first-order valence-corrected chi connectivity index (χ1v) is 11.8. The zero-order chi connectivity index (χ0) is 23.1. The van der Waals surface area contributed by atoms with Gasteiger partial charge in [0.25, 0.3) is 5.91 Å². The summed E-state index contributed by atoms with van der Waals surface area (Å²) in [5, 5.41) is 0. The summed E-state index contributed by atoms with van der Waals surface area (Å²) in [7, 11) is 6.05. The van der Waals surface area contributed by atoms with E-state index in [0.717, 1.165) is 49.4 Å². The lowest BCUT2D eigenvalue weighted by Gasteiger charge is -2.35. The topological polar surface area (TPSA) is 32.8 Å². The average molecular weight is 435 g/mol. The average Bonchev–Trinajstić information content (AvgIpc) is 2.80. The summed E-state index contributed by atoms with van der Waals surface area (Å²) in [5.41, 5.74) is 4.70. The Labute approximate surface area is 193 Å². The molecule has 2 aromatic rings. The Hall–Kier alpha value is -2.59. The molecule has 0 aromatic heterocycles. The molecule has 1 aliphatic carbocycles. The van der Waals surface area contributed by atoms with Gasteiger partial charge in [-0.25, -0.2) is 0 Å². The number of amides is 1. The predicted molar refractivity (Wildman–Crippen MR) is 133 cm³/mol. The van der Waals surface area contributed by atoms with Gasteiger partial charge in [-0.2, -0.15) is 0 Å². The molecule has 0 aliphatic heterocycles. The maximum Gasteiger partial charge on any atom is 0.253 e. The fourth-order valence-electron chi connectivity index (χ4n) is 4.89. The molecule has 0 spiro atoms. The van der Waals surface area contributed by atoms with Crippen LogP contribution in [0.4, 0.5) is 0 Å². The summed E-state index contributed by atoms with van der Waals surface area (Å²) in [6.45, 7) is 6.60. The second-order valence-corrected chi connectivity index (χ2v) is 9.05. The van der Waals surface area contributed by atoms with E-state index in [4.69, 9.17) is 4.74 Å². The van der Waals surface area contributed by atoms with E-state index in [0.29, 0.717) is 11.8 Å². The number of hydrogen-bond donors (Lipinski definition) is 0. The maximum atomic E-state index is 12.8. The number of nitrogens with zero attached hydrogens (tertiary/aromatic N) is 2. The highest BCUT2D eigenvalue weighted by atomic mass is 16.5. The summed E-state index contributed by atoms with van der Waals surface area (Å²) >= 11 is 0. The quantitative estimate of drug-likeness (QED) is 0.534. The van der Waals surface area contributed by atoms with Crippen LogP contribution in [0.15, 0.2) is 54.1 Å². The van der Waals surface area contributed by atoms with Crippen molar-refractivity contribution in [2.75, 3.05) is 40.8 Å². The Kier molecular flexibility index (Phi) is 8.52. The van der Waals surface area contributed by atoms with Crippen LogP contribution in [0.1, 0.15) is 60.5 Å². The van der Waals surface area contributed by atoms with E-state index in [1.165, 1.54) is 17.6 Å². The number of rotatable bonds is 8. The van der Waals surface area contributed by atoms with Gasteiger partial charge in [0.15, 0.2) is 0 Å². The van der Waals surface area contributed by atoms with Gasteiger partial charge in [0.05, 0.1) is 7.11 Å². The molecular formula is C28H38N2O2. The van der Waals surface area contributed by atoms with Crippen molar-refractivity contribution in [1.82, 2.24) is 9.80 Å². The third kappa shape index (κ3) is 6.01. The first-order chi connectivity index (χ1) is 15.4. The normalized spacial score (nSPS) is 19.9. The Bertz CT molecular complexity index is 931. The van der Waals surface area contributed by atoms with E-state index in [1.54, 1.807) is 7.11 Å². The number of hydrogen-bond acceptors (Lipinski definition) is 3. The minimum absolute atomic E-state index is 0.110. The van der Waals surface area contributed by atoms with Crippen LogP contribution in [0.3, 0.4) is 0 Å². The summed E-state index contributed by atoms with van der Waals surface area (Å²) in [6, 6.07) is 16.6. The first kappa shape index (κ1) is 24.1. The van der Waals surface area contributed by atoms with E-state index >= 15 is 0 Å². The molecule has 0 saturated heterocycles. The van der Waals surface area contributed by atoms with Gasteiger partial charge in [0.1, 0.15) is 5.75 Å². The van der Waals surface area contributed by atoms with Gasteiger partial charge < -0.3 is 14.5 Å². The minimum atomic E-state index is 0.110. The fourth-order valence-corrected chi connectivity index (χ4v) is 4.89. The lowest BCUT2D eigenvalue weighted by molar-refractivity contribution is 0.0773. The molecule has 3 rings (SSSR count). The summed E-state index contributed by atoms with van der Waals surface area (Å²) in [5.74, 6) is 2.11. The lowest BCUT2D eigenvalue weighted by Crippen LogP contribution is -2.30. The minimum Gasteiger partial charge on any atom is -0.497 e. The number of ether oxygens (including phenoxy) is 1. The fraction of sp³-hybridized carbons (Fsp3) is 0.464. The molecule has 2 aromatic carbocycles. The van der Waals surface area contributed by atoms with Crippen LogP contribution in [-0.4, -0.2) is 56.5 Å². The largest absolute Gasteiger partial charge is 0.497 e. The van der Waals surface area contributed by atoms with Crippen LogP contribution >= 0.6 is 0 Å². The van der Waals surface area contributed by atoms with Crippen LogP contribution in [0, 0.1) is 5.92 Å². The monoisotopic (exact) mass is 434 g/mol. The SMILES string of the molecule is CCN(CC)C(=O)c1cccc(/C=C2\CCC(CN(C)C)C(c3cccc(OC)c3)C2)c1. The first-order valence-electron chi connectivity index (χ1n) is 11.8. The number of methoxy groups -OCH3 is 1. The molecule has 0 radical (unpaired) electrons. The molecule has 0 heterocycles. The van der Waals surface area contributed by atoms with Gasteiger partial charge >= 0.3 is 0 Å². The van der Waals surface area contributed by atoms with Crippen molar-refractivity contribution >= 4 is 12.0 Å². The van der Waals surface area contributed by atoms with Crippen LogP contribution in [0.2, 0.25) is 0 Å². The summed E-state index contributed by atoms with van der Waals surface area (Å²) in [6.07, 6.45) is 5.62. The van der Waals surface area contributed by atoms with Crippen molar-refractivity contribution in [2.45, 2.75) is 39.0 Å². The van der Waals surface area contributed by atoms with Gasteiger partial charge in [-0.1, -0.05) is 35.9 Å². The van der Waals surface area contributed by atoms with E-state index in [-0.39, 0.29) is 5.91 Å². The number of allylic oxidation sites excluding steroid dienone is 1. The Morgan fingerprint density at radius 2 is 1.84 bits per heavy atom. The molecule has 172 valence electrons. The molecule has 2 atom stereocenters. The molecular weight excluding hydrogens is 396 g/mol. The third-order valence-corrected chi connectivity index (χ3v) is 6.56. The van der Waals surface area contributed by atoms with Gasteiger partial charge in [0.2, 0.25) is 0 Å². The van der Waals surface area contributed by atoms with Gasteiger partial charge in [-0.3, -0.25) is 4.79 Å².